The molecule has 86 valence electrons. The molecular weight excluding hydrogens is 208 g/mol. The number of hydrogen-bond donors (Lipinski definition) is 2. The van der Waals surface area contributed by atoms with Crippen molar-refractivity contribution in [3.05, 3.63) is 24.0 Å². The van der Waals surface area contributed by atoms with Gasteiger partial charge in [-0.15, -0.1) is 0 Å². The maximum absolute atomic E-state index is 12.0. The Morgan fingerprint density at radius 2 is 2.25 bits per heavy atom. The largest absolute Gasteiger partial charge is 0.378 e. The van der Waals surface area contributed by atoms with Crippen molar-refractivity contribution in [1.82, 2.24) is 9.88 Å². The molecule has 0 spiro atoms. The topological polar surface area (TPSA) is 80.5 Å². The third kappa shape index (κ3) is 2.29. The number of ether oxygens (including phenoxy) is 1. The molecule has 2 rings (SSSR count). The third-order valence-electron chi connectivity index (χ3n) is 2.44. The zero-order valence-electron chi connectivity index (χ0n) is 8.85. The Balaban J connectivity index is 2.12. The van der Waals surface area contributed by atoms with Gasteiger partial charge >= 0.3 is 0 Å². The van der Waals surface area contributed by atoms with E-state index in [4.69, 9.17) is 10.6 Å². The second-order valence-electron chi connectivity index (χ2n) is 3.48. The van der Waals surface area contributed by atoms with Gasteiger partial charge in [0.2, 0.25) is 0 Å². The molecule has 6 nitrogen and oxygen atoms in total. The Morgan fingerprint density at radius 1 is 1.50 bits per heavy atom. The van der Waals surface area contributed by atoms with Gasteiger partial charge in [-0.25, -0.2) is 0 Å². The molecule has 1 aromatic heterocycles. The van der Waals surface area contributed by atoms with Crippen LogP contribution in [0.4, 0.5) is 5.69 Å². The number of carbonyl (C=O) groups excluding carboxylic acids is 1. The molecular formula is C10H14N4O2. The maximum atomic E-state index is 12.0. The Kier molecular flexibility index (Phi) is 3.33. The molecule has 1 amide bonds. The summed E-state index contributed by atoms with van der Waals surface area (Å²) in [5.41, 5.74) is 3.56. The number of morpholine rings is 1. The average Bonchev–Trinajstić information content (AvgIpc) is 2.39. The molecule has 0 bridgehead atoms. The number of nitrogens with one attached hydrogen (secondary N) is 1. The number of nitrogen functional groups attached to an aromatic ring is 1. The van der Waals surface area contributed by atoms with Crippen LogP contribution in [-0.4, -0.2) is 42.1 Å². The van der Waals surface area contributed by atoms with Crippen molar-refractivity contribution in [2.75, 3.05) is 31.7 Å². The molecule has 1 aromatic rings. The van der Waals surface area contributed by atoms with Gasteiger partial charge in [-0.2, -0.15) is 0 Å². The van der Waals surface area contributed by atoms with E-state index < -0.39 is 0 Å². The molecule has 16 heavy (non-hydrogen) atoms. The number of hydrazine groups is 1. The predicted octanol–water partition coefficient (Wildman–Crippen LogP) is -0.160. The Hall–Kier alpha value is -1.66. The van der Waals surface area contributed by atoms with E-state index in [1.165, 1.54) is 0 Å². The highest BCUT2D eigenvalue weighted by Gasteiger charge is 2.19. The summed E-state index contributed by atoms with van der Waals surface area (Å²) in [6, 6.07) is 3.34. The molecule has 0 unspecified atom stereocenters. The average molecular weight is 222 g/mol. The van der Waals surface area contributed by atoms with Gasteiger partial charge < -0.3 is 15.1 Å². The Labute approximate surface area is 93.4 Å². The number of nitrogens with zero attached hydrogens (tertiary/aromatic N) is 2. The number of hydrogen-bond acceptors (Lipinski definition) is 5. The van der Waals surface area contributed by atoms with Gasteiger partial charge in [0.25, 0.3) is 5.91 Å². The van der Waals surface area contributed by atoms with Crippen LogP contribution in [-0.2, 0) is 4.74 Å². The van der Waals surface area contributed by atoms with Crippen LogP contribution in [0, 0.1) is 0 Å². The van der Waals surface area contributed by atoms with E-state index in [2.05, 4.69) is 10.4 Å². The molecule has 1 fully saturated rings. The summed E-state index contributed by atoms with van der Waals surface area (Å²) in [6.07, 6.45) is 1.56. The minimum absolute atomic E-state index is 0.0830. The molecule has 0 aliphatic carbocycles. The lowest BCUT2D eigenvalue weighted by atomic mass is 10.2. The SMILES string of the molecule is NNc1ccnc(C(=O)N2CCOCC2)c1. The van der Waals surface area contributed by atoms with Crippen LogP contribution < -0.4 is 11.3 Å². The second kappa shape index (κ2) is 4.91. The van der Waals surface area contributed by atoms with Crippen LogP contribution in [0.15, 0.2) is 18.3 Å². The molecule has 3 N–H and O–H groups in total. The van der Waals surface area contributed by atoms with Gasteiger partial charge in [0.15, 0.2) is 0 Å². The Bertz CT molecular complexity index is 377. The molecule has 0 atom stereocenters. The van der Waals surface area contributed by atoms with Crippen LogP contribution in [0.3, 0.4) is 0 Å². The van der Waals surface area contributed by atoms with Gasteiger partial charge in [0.1, 0.15) is 5.69 Å². The van der Waals surface area contributed by atoms with Gasteiger partial charge in [-0.05, 0) is 12.1 Å². The van der Waals surface area contributed by atoms with Crippen LogP contribution in [0.5, 0.6) is 0 Å². The summed E-state index contributed by atoms with van der Waals surface area (Å²) < 4.78 is 5.18. The molecule has 0 radical (unpaired) electrons. The van der Waals surface area contributed by atoms with Crippen molar-refractivity contribution >= 4 is 11.6 Å². The van der Waals surface area contributed by atoms with E-state index in [-0.39, 0.29) is 5.91 Å². The zero-order valence-corrected chi connectivity index (χ0v) is 8.85. The summed E-state index contributed by atoms with van der Waals surface area (Å²) >= 11 is 0. The molecule has 1 aliphatic rings. The van der Waals surface area contributed by atoms with E-state index in [1.807, 2.05) is 0 Å². The first-order chi connectivity index (χ1) is 7.81. The minimum atomic E-state index is -0.0830. The number of anilines is 1. The summed E-state index contributed by atoms with van der Waals surface area (Å²) in [4.78, 5) is 17.8. The standard InChI is InChI=1S/C10H14N4O2/c11-13-8-1-2-12-9(7-8)10(15)14-3-5-16-6-4-14/h1-2,7H,3-6,11H2,(H,12,13). The lowest BCUT2D eigenvalue weighted by Gasteiger charge is -2.26. The number of amides is 1. The highest BCUT2D eigenvalue weighted by Crippen LogP contribution is 2.09. The predicted molar refractivity (Wildman–Crippen MR) is 58.8 cm³/mol. The first-order valence-corrected chi connectivity index (χ1v) is 5.11. The maximum Gasteiger partial charge on any atom is 0.272 e. The van der Waals surface area contributed by atoms with Crippen LogP contribution in [0.2, 0.25) is 0 Å². The van der Waals surface area contributed by atoms with E-state index >= 15 is 0 Å². The first-order valence-electron chi connectivity index (χ1n) is 5.11. The van der Waals surface area contributed by atoms with E-state index in [0.29, 0.717) is 37.7 Å². The number of pyridine rings is 1. The summed E-state index contributed by atoms with van der Waals surface area (Å²) in [6.45, 7) is 2.39. The van der Waals surface area contributed by atoms with Crippen molar-refractivity contribution in [2.45, 2.75) is 0 Å². The summed E-state index contributed by atoms with van der Waals surface area (Å²) in [5, 5.41) is 0. The zero-order chi connectivity index (χ0) is 11.4. The fourth-order valence-corrected chi connectivity index (χ4v) is 1.57. The minimum Gasteiger partial charge on any atom is -0.378 e. The number of carbonyl (C=O) groups is 1. The van der Waals surface area contributed by atoms with Crippen molar-refractivity contribution < 1.29 is 9.53 Å². The Morgan fingerprint density at radius 3 is 2.94 bits per heavy atom. The molecule has 2 heterocycles. The van der Waals surface area contributed by atoms with E-state index in [0.717, 1.165) is 0 Å². The molecule has 1 saturated heterocycles. The number of nitrogens with two attached hydrogens (primary N) is 1. The van der Waals surface area contributed by atoms with Crippen molar-refractivity contribution in [2.24, 2.45) is 5.84 Å². The molecule has 6 heteroatoms. The van der Waals surface area contributed by atoms with Crippen LogP contribution in [0.25, 0.3) is 0 Å². The van der Waals surface area contributed by atoms with Crippen LogP contribution in [0.1, 0.15) is 10.5 Å². The number of aromatic nitrogens is 1. The highest BCUT2D eigenvalue weighted by atomic mass is 16.5. The second-order valence-corrected chi connectivity index (χ2v) is 3.48. The van der Waals surface area contributed by atoms with Gasteiger partial charge in [-0.1, -0.05) is 0 Å². The molecule has 0 aromatic carbocycles. The van der Waals surface area contributed by atoms with Gasteiger partial charge in [0.05, 0.1) is 18.9 Å². The molecule has 0 saturated carbocycles. The monoisotopic (exact) mass is 222 g/mol. The lowest BCUT2D eigenvalue weighted by molar-refractivity contribution is 0.0299. The van der Waals surface area contributed by atoms with Crippen LogP contribution >= 0.6 is 0 Å². The first kappa shape index (κ1) is 10.8. The third-order valence-corrected chi connectivity index (χ3v) is 2.44. The fraction of sp³-hybridized carbons (Fsp3) is 0.400. The highest BCUT2D eigenvalue weighted by molar-refractivity contribution is 5.93. The van der Waals surface area contributed by atoms with Gasteiger partial charge in [0, 0.05) is 19.3 Å². The smallest absolute Gasteiger partial charge is 0.272 e. The van der Waals surface area contributed by atoms with Gasteiger partial charge in [-0.3, -0.25) is 15.6 Å². The fourth-order valence-electron chi connectivity index (χ4n) is 1.57. The van der Waals surface area contributed by atoms with Crippen molar-refractivity contribution in [3.63, 3.8) is 0 Å². The quantitative estimate of drug-likeness (QED) is 0.537. The van der Waals surface area contributed by atoms with Crippen molar-refractivity contribution in [1.29, 1.82) is 0 Å². The summed E-state index contributed by atoms with van der Waals surface area (Å²) in [7, 11) is 0. The number of rotatable bonds is 2. The lowest BCUT2D eigenvalue weighted by Crippen LogP contribution is -2.41. The van der Waals surface area contributed by atoms with Crippen molar-refractivity contribution in [3.8, 4) is 0 Å². The summed E-state index contributed by atoms with van der Waals surface area (Å²) in [5.74, 6) is 5.19. The molecule has 1 aliphatic heterocycles. The van der Waals surface area contributed by atoms with E-state index in [9.17, 15) is 4.79 Å². The van der Waals surface area contributed by atoms with E-state index in [1.54, 1.807) is 23.2 Å². The normalized spacial score (nSPS) is 15.9.